The summed E-state index contributed by atoms with van der Waals surface area (Å²) in [6.45, 7) is 2.24. The highest BCUT2D eigenvalue weighted by atomic mass is 16.5. The zero-order valence-electron chi connectivity index (χ0n) is 15.8. The van der Waals surface area contributed by atoms with Gasteiger partial charge >= 0.3 is 0 Å². The Balaban J connectivity index is 1.59. The summed E-state index contributed by atoms with van der Waals surface area (Å²) in [6, 6.07) is 20.1. The van der Waals surface area contributed by atoms with Gasteiger partial charge in [-0.25, -0.2) is 0 Å². The molecule has 4 rings (SSSR count). The van der Waals surface area contributed by atoms with E-state index in [0.717, 1.165) is 18.7 Å². The zero-order valence-corrected chi connectivity index (χ0v) is 15.8. The van der Waals surface area contributed by atoms with Gasteiger partial charge in [-0.05, 0) is 61.8 Å². The van der Waals surface area contributed by atoms with Gasteiger partial charge in [-0.15, -0.1) is 0 Å². The Morgan fingerprint density at radius 2 is 1.65 bits per heavy atom. The summed E-state index contributed by atoms with van der Waals surface area (Å²) in [7, 11) is 1.73. The molecule has 0 N–H and O–H groups in total. The molecule has 26 heavy (non-hydrogen) atoms. The van der Waals surface area contributed by atoms with E-state index in [-0.39, 0.29) is 0 Å². The van der Waals surface area contributed by atoms with Gasteiger partial charge in [0.15, 0.2) is 0 Å². The first-order valence-electron chi connectivity index (χ1n) is 9.95. The molecule has 2 heteroatoms. The Hall–Kier alpha value is -2.06. The van der Waals surface area contributed by atoms with Crippen LogP contribution in [0.3, 0.4) is 0 Å². The minimum Gasteiger partial charge on any atom is -0.497 e. The molecule has 0 saturated carbocycles. The van der Waals surface area contributed by atoms with Gasteiger partial charge in [0.2, 0.25) is 0 Å². The first-order valence-corrected chi connectivity index (χ1v) is 9.95. The Labute approximate surface area is 157 Å². The number of methoxy groups -OCH3 is 1. The van der Waals surface area contributed by atoms with E-state index >= 15 is 0 Å². The second-order valence-electron chi connectivity index (χ2n) is 7.61. The highest BCUT2D eigenvalue weighted by Gasteiger charge is 2.30. The van der Waals surface area contributed by atoms with Crippen molar-refractivity contribution in [3.8, 4) is 5.75 Å². The molecule has 1 aliphatic heterocycles. The fourth-order valence-corrected chi connectivity index (χ4v) is 4.58. The van der Waals surface area contributed by atoms with Gasteiger partial charge in [-0.1, -0.05) is 53.6 Å². The minimum absolute atomic E-state index is 0.549. The van der Waals surface area contributed by atoms with Gasteiger partial charge in [0.1, 0.15) is 5.75 Å². The van der Waals surface area contributed by atoms with Crippen molar-refractivity contribution in [3.05, 3.63) is 76.9 Å². The van der Waals surface area contributed by atoms with Gasteiger partial charge in [0.25, 0.3) is 0 Å². The molecule has 0 spiro atoms. The summed E-state index contributed by atoms with van der Waals surface area (Å²) in [4.78, 5) is 2.71. The van der Waals surface area contributed by atoms with E-state index in [1.165, 1.54) is 49.8 Å². The van der Waals surface area contributed by atoms with E-state index in [0.29, 0.717) is 6.04 Å². The number of ether oxygens (including phenoxy) is 1. The van der Waals surface area contributed by atoms with Crippen LogP contribution in [-0.4, -0.2) is 24.6 Å². The number of rotatable bonds is 5. The Morgan fingerprint density at radius 1 is 0.885 bits per heavy atom. The van der Waals surface area contributed by atoms with E-state index in [9.17, 15) is 0 Å². The average Bonchev–Trinajstić information content (AvgIpc) is 2.71. The molecular weight excluding hydrogens is 318 g/mol. The largest absolute Gasteiger partial charge is 0.497 e. The van der Waals surface area contributed by atoms with Crippen molar-refractivity contribution in [2.45, 2.75) is 51.1 Å². The van der Waals surface area contributed by atoms with Crippen molar-refractivity contribution in [2.75, 3.05) is 13.7 Å². The first kappa shape index (κ1) is 17.4. The van der Waals surface area contributed by atoms with Crippen LogP contribution in [-0.2, 0) is 13.0 Å². The highest BCUT2D eigenvalue weighted by Crippen LogP contribution is 2.37. The lowest BCUT2D eigenvalue weighted by Gasteiger charge is -2.41. The van der Waals surface area contributed by atoms with Gasteiger partial charge in [0.05, 0.1) is 7.11 Å². The van der Waals surface area contributed by atoms with Crippen molar-refractivity contribution >= 4 is 0 Å². The lowest BCUT2D eigenvalue weighted by atomic mass is 9.80. The summed E-state index contributed by atoms with van der Waals surface area (Å²) < 4.78 is 5.33. The molecule has 0 saturated heterocycles. The maximum Gasteiger partial charge on any atom is 0.118 e. The van der Waals surface area contributed by atoms with Gasteiger partial charge in [-0.3, -0.25) is 4.90 Å². The standard InChI is InChI=1S/C24H29NO/c1-26-22-13-11-19(12-14-22)17-24-23-10-6-5-9-21(23)15-16-25(24)18-20-7-3-2-4-8-20/h2-4,7-8,11-14,24H,5-6,9-10,15-18H2,1H3. The molecule has 2 nitrogen and oxygen atoms in total. The number of hydrogen-bond donors (Lipinski definition) is 0. The SMILES string of the molecule is COc1ccc(CC2C3=C(CCCC3)CCN2Cc2ccccc2)cc1. The zero-order chi connectivity index (χ0) is 17.8. The van der Waals surface area contributed by atoms with E-state index in [4.69, 9.17) is 4.74 Å². The van der Waals surface area contributed by atoms with Crippen LogP contribution in [0, 0.1) is 0 Å². The third-order valence-corrected chi connectivity index (χ3v) is 5.99. The topological polar surface area (TPSA) is 12.5 Å². The van der Waals surface area contributed by atoms with Gasteiger partial charge in [-0.2, -0.15) is 0 Å². The number of nitrogens with zero attached hydrogens (tertiary/aromatic N) is 1. The summed E-state index contributed by atoms with van der Waals surface area (Å²) in [5, 5.41) is 0. The molecule has 1 atom stereocenters. The van der Waals surface area contributed by atoms with Crippen molar-refractivity contribution in [1.29, 1.82) is 0 Å². The van der Waals surface area contributed by atoms with E-state index in [1.807, 2.05) is 0 Å². The predicted molar refractivity (Wildman–Crippen MR) is 107 cm³/mol. The molecule has 1 heterocycles. The monoisotopic (exact) mass is 347 g/mol. The number of benzene rings is 2. The minimum atomic E-state index is 0.549. The van der Waals surface area contributed by atoms with Crippen LogP contribution >= 0.6 is 0 Å². The van der Waals surface area contributed by atoms with Crippen LogP contribution in [0.1, 0.15) is 43.2 Å². The maximum atomic E-state index is 5.33. The van der Waals surface area contributed by atoms with Crippen molar-refractivity contribution in [3.63, 3.8) is 0 Å². The molecule has 2 aromatic carbocycles. The summed E-state index contributed by atoms with van der Waals surface area (Å²) >= 11 is 0. The Morgan fingerprint density at radius 3 is 2.42 bits per heavy atom. The molecule has 0 fully saturated rings. The Kier molecular flexibility index (Phi) is 5.40. The molecule has 0 aromatic heterocycles. The molecule has 1 unspecified atom stereocenters. The fourth-order valence-electron chi connectivity index (χ4n) is 4.58. The predicted octanol–water partition coefficient (Wildman–Crippen LogP) is 5.38. The average molecular weight is 348 g/mol. The quantitative estimate of drug-likeness (QED) is 0.673. The smallest absolute Gasteiger partial charge is 0.118 e. The van der Waals surface area contributed by atoms with Crippen LogP contribution < -0.4 is 4.74 Å². The molecule has 2 aromatic rings. The third kappa shape index (κ3) is 3.86. The van der Waals surface area contributed by atoms with Crippen molar-refractivity contribution < 1.29 is 4.74 Å². The maximum absolute atomic E-state index is 5.33. The van der Waals surface area contributed by atoms with E-state index < -0.39 is 0 Å². The van der Waals surface area contributed by atoms with Crippen LogP contribution in [0.2, 0.25) is 0 Å². The molecule has 0 radical (unpaired) electrons. The lowest BCUT2D eigenvalue weighted by Crippen LogP contribution is -2.43. The fraction of sp³-hybridized carbons (Fsp3) is 0.417. The Bertz CT molecular complexity index is 748. The van der Waals surface area contributed by atoms with Crippen molar-refractivity contribution in [2.24, 2.45) is 0 Å². The molecule has 0 amide bonds. The van der Waals surface area contributed by atoms with Crippen LogP contribution in [0.15, 0.2) is 65.7 Å². The molecular formula is C24H29NO. The molecule has 1 aliphatic carbocycles. The molecule has 2 aliphatic rings. The van der Waals surface area contributed by atoms with Gasteiger partial charge in [0, 0.05) is 19.1 Å². The third-order valence-electron chi connectivity index (χ3n) is 5.99. The summed E-state index contributed by atoms with van der Waals surface area (Å²) in [5.74, 6) is 0.941. The lowest BCUT2D eigenvalue weighted by molar-refractivity contribution is 0.189. The van der Waals surface area contributed by atoms with E-state index in [1.54, 1.807) is 18.3 Å². The molecule has 0 bridgehead atoms. The van der Waals surface area contributed by atoms with E-state index in [2.05, 4.69) is 59.5 Å². The second kappa shape index (κ2) is 8.09. The summed E-state index contributed by atoms with van der Waals surface area (Å²) in [5.41, 5.74) is 6.34. The molecule has 136 valence electrons. The van der Waals surface area contributed by atoms with Crippen LogP contribution in [0.5, 0.6) is 5.75 Å². The number of hydrogen-bond acceptors (Lipinski definition) is 2. The first-order chi connectivity index (χ1) is 12.8. The second-order valence-corrected chi connectivity index (χ2v) is 7.61. The van der Waals surface area contributed by atoms with Crippen LogP contribution in [0.4, 0.5) is 0 Å². The van der Waals surface area contributed by atoms with Gasteiger partial charge < -0.3 is 4.74 Å². The van der Waals surface area contributed by atoms with Crippen molar-refractivity contribution in [1.82, 2.24) is 4.90 Å². The normalized spacial score (nSPS) is 20.7. The van der Waals surface area contributed by atoms with Crippen LogP contribution in [0.25, 0.3) is 0 Å². The highest BCUT2D eigenvalue weighted by molar-refractivity contribution is 5.32. The summed E-state index contributed by atoms with van der Waals surface area (Å²) in [6.07, 6.45) is 7.73.